The van der Waals surface area contributed by atoms with E-state index in [2.05, 4.69) is 71.0 Å². The van der Waals surface area contributed by atoms with Crippen molar-refractivity contribution in [3.63, 3.8) is 0 Å². The molecule has 0 amide bonds. The van der Waals surface area contributed by atoms with Gasteiger partial charge in [-0.3, -0.25) is 5.32 Å². The van der Waals surface area contributed by atoms with Crippen LogP contribution in [0.3, 0.4) is 0 Å². The van der Waals surface area contributed by atoms with E-state index in [1.165, 1.54) is 0 Å². The summed E-state index contributed by atoms with van der Waals surface area (Å²) in [4.78, 5) is 6.69. The minimum atomic E-state index is -1.01. The highest BCUT2D eigenvalue weighted by Gasteiger charge is 2.89. The van der Waals surface area contributed by atoms with Gasteiger partial charge in [0.15, 0.2) is 5.60 Å². The van der Waals surface area contributed by atoms with Gasteiger partial charge in [-0.05, 0) is 65.2 Å². The predicted octanol–water partition coefficient (Wildman–Crippen LogP) is 4.81. The van der Waals surface area contributed by atoms with Crippen LogP contribution in [0, 0.1) is 0 Å². The van der Waals surface area contributed by atoms with E-state index in [1.54, 1.807) is 0 Å². The van der Waals surface area contributed by atoms with E-state index in [1.807, 2.05) is 12.1 Å². The summed E-state index contributed by atoms with van der Waals surface area (Å²) < 4.78 is 13.1. The summed E-state index contributed by atoms with van der Waals surface area (Å²) in [5, 5.41) is 6.45. The van der Waals surface area contributed by atoms with Crippen LogP contribution in [0.4, 0.5) is 0 Å². The van der Waals surface area contributed by atoms with Crippen LogP contribution in [-0.4, -0.2) is 39.9 Å². The first-order valence-electron chi connectivity index (χ1n) is 10.3. The monoisotopic (exact) mass is 408 g/mol. The van der Waals surface area contributed by atoms with Gasteiger partial charge in [0.25, 0.3) is 5.91 Å². The predicted molar refractivity (Wildman–Crippen MR) is 110 cm³/mol. The van der Waals surface area contributed by atoms with Crippen molar-refractivity contribution in [2.24, 2.45) is 0 Å². The molecule has 5 nitrogen and oxygen atoms in total. The van der Waals surface area contributed by atoms with Gasteiger partial charge in [-0.2, -0.15) is 5.06 Å². The zero-order valence-electron chi connectivity index (χ0n) is 18.1. The lowest BCUT2D eigenvalue weighted by molar-refractivity contribution is -0.329. The number of fused-ring (bicyclic) bond motifs is 1. The lowest BCUT2D eigenvalue weighted by atomic mass is 9.77. The van der Waals surface area contributed by atoms with Crippen molar-refractivity contribution in [2.45, 2.75) is 95.5 Å². The van der Waals surface area contributed by atoms with Crippen molar-refractivity contribution in [3.8, 4) is 0 Å². The van der Waals surface area contributed by atoms with E-state index < -0.39 is 11.5 Å². The van der Waals surface area contributed by atoms with Gasteiger partial charge in [0.1, 0.15) is 5.60 Å². The Balaban J connectivity index is 1.91. The van der Waals surface area contributed by atoms with Crippen molar-refractivity contribution >= 4 is 11.6 Å². The third-order valence-corrected chi connectivity index (χ3v) is 6.71. The maximum atomic E-state index is 6.72. The molecular formula is C22H33ClN2O3. The van der Waals surface area contributed by atoms with E-state index >= 15 is 0 Å². The van der Waals surface area contributed by atoms with E-state index in [0.717, 1.165) is 23.4 Å². The Hall–Kier alpha value is -0.690. The molecule has 0 aromatic heterocycles. The molecule has 3 saturated heterocycles. The molecule has 0 unspecified atom stereocenters. The lowest BCUT2D eigenvalue weighted by Crippen LogP contribution is -2.59. The fraction of sp³-hybridized carbons (Fsp3) is 0.727. The Kier molecular flexibility index (Phi) is 4.53. The Morgan fingerprint density at radius 3 is 2.18 bits per heavy atom. The second kappa shape index (κ2) is 6.16. The van der Waals surface area contributed by atoms with Gasteiger partial charge in [0.2, 0.25) is 0 Å². The molecule has 4 rings (SSSR count). The molecule has 1 N–H and O–H groups in total. The number of benzene rings is 1. The number of nitrogens with one attached hydrogen (secondary N) is 1. The third kappa shape index (κ3) is 2.64. The van der Waals surface area contributed by atoms with Crippen LogP contribution in [0.5, 0.6) is 0 Å². The number of nitrogens with zero attached hydrogens (tertiary/aromatic N) is 1. The normalized spacial score (nSPS) is 36.5. The average Bonchev–Trinajstić information content (AvgIpc) is 3.07. The molecule has 3 heterocycles. The average molecular weight is 409 g/mol. The first-order chi connectivity index (χ1) is 13.0. The van der Waals surface area contributed by atoms with Gasteiger partial charge in [0, 0.05) is 16.1 Å². The molecule has 0 aliphatic carbocycles. The van der Waals surface area contributed by atoms with E-state index in [0.29, 0.717) is 6.61 Å². The molecule has 156 valence electrons. The largest absolute Gasteiger partial charge is 0.353 e. The molecular weight excluding hydrogens is 376 g/mol. The number of rotatable bonds is 3. The second-order valence-electron chi connectivity index (χ2n) is 10.00. The molecule has 2 spiro atoms. The molecule has 0 bridgehead atoms. The molecule has 3 fully saturated rings. The SMILES string of the molecule is CCC1(CC)O[C@]12[C@H](c1ccc(Cl)cc1)N(C(C)(C)C)O[C@@]21NC(C)(C)CO1. The quantitative estimate of drug-likeness (QED) is 0.727. The van der Waals surface area contributed by atoms with Crippen LogP contribution in [0.2, 0.25) is 5.02 Å². The summed E-state index contributed by atoms with van der Waals surface area (Å²) in [6, 6.07) is 7.91. The zero-order valence-corrected chi connectivity index (χ0v) is 18.8. The topological polar surface area (TPSA) is 46.3 Å². The Morgan fingerprint density at radius 1 is 1.14 bits per heavy atom. The number of ether oxygens (including phenoxy) is 2. The van der Waals surface area contributed by atoms with E-state index in [-0.39, 0.29) is 22.7 Å². The molecule has 6 heteroatoms. The summed E-state index contributed by atoms with van der Waals surface area (Å²) in [7, 11) is 0. The van der Waals surface area contributed by atoms with Crippen LogP contribution < -0.4 is 5.32 Å². The Bertz CT molecular complexity index is 756. The number of hydrogen-bond donors (Lipinski definition) is 1. The Labute approximate surface area is 173 Å². The molecule has 1 aromatic rings. The highest BCUT2D eigenvalue weighted by Crippen LogP contribution is 2.71. The smallest absolute Gasteiger partial charge is 0.280 e. The van der Waals surface area contributed by atoms with Gasteiger partial charge < -0.3 is 9.47 Å². The zero-order chi connectivity index (χ0) is 20.6. The van der Waals surface area contributed by atoms with Gasteiger partial charge in [-0.1, -0.05) is 37.6 Å². The molecule has 3 aliphatic heterocycles. The maximum Gasteiger partial charge on any atom is 0.280 e. The molecule has 3 atom stereocenters. The molecule has 28 heavy (non-hydrogen) atoms. The summed E-state index contributed by atoms with van der Waals surface area (Å²) in [5.41, 5.74) is -0.291. The summed E-state index contributed by atoms with van der Waals surface area (Å²) in [6.07, 6.45) is 1.78. The molecule has 0 saturated carbocycles. The minimum absolute atomic E-state index is 0.119. The van der Waals surface area contributed by atoms with Crippen molar-refractivity contribution in [2.75, 3.05) is 6.61 Å². The van der Waals surface area contributed by atoms with Crippen molar-refractivity contribution in [1.82, 2.24) is 10.4 Å². The van der Waals surface area contributed by atoms with E-state index in [4.69, 9.17) is 25.9 Å². The molecule has 1 aromatic carbocycles. The summed E-state index contributed by atoms with van der Waals surface area (Å²) in [6.45, 7) is 15.7. The molecule has 0 radical (unpaired) electrons. The lowest BCUT2D eigenvalue weighted by Gasteiger charge is -2.35. The van der Waals surface area contributed by atoms with Crippen molar-refractivity contribution < 1.29 is 14.3 Å². The fourth-order valence-electron chi connectivity index (χ4n) is 5.07. The van der Waals surface area contributed by atoms with Gasteiger partial charge in [-0.25, -0.2) is 4.84 Å². The standard InChI is InChI=1S/C22H33ClN2O3/c1-8-20(9-2)21(27-20)17(15-10-12-16(23)13-11-15)25(18(3,4)5)28-22(21)24-19(6,7)14-26-22/h10-13,17,24H,8-9,14H2,1-7H3/t17-,21+,22+/m0/s1. The van der Waals surface area contributed by atoms with Gasteiger partial charge in [-0.15, -0.1) is 0 Å². The summed E-state index contributed by atoms with van der Waals surface area (Å²) >= 11 is 6.19. The van der Waals surface area contributed by atoms with Crippen LogP contribution in [0.25, 0.3) is 0 Å². The van der Waals surface area contributed by atoms with Gasteiger partial charge >= 0.3 is 0 Å². The van der Waals surface area contributed by atoms with Crippen LogP contribution in [0.15, 0.2) is 24.3 Å². The highest BCUT2D eigenvalue weighted by molar-refractivity contribution is 6.30. The molecule has 3 aliphatic rings. The van der Waals surface area contributed by atoms with Crippen LogP contribution in [0.1, 0.15) is 72.9 Å². The van der Waals surface area contributed by atoms with Crippen LogP contribution in [-0.2, 0) is 14.3 Å². The van der Waals surface area contributed by atoms with Crippen LogP contribution >= 0.6 is 11.6 Å². The number of hydroxylamine groups is 2. The number of hydrogen-bond acceptors (Lipinski definition) is 5. The number of halogens is 1. The highest BCUT2D eigenvalue weighted by atomic mass is 35.5. The second-order valence-corrected chi connectivity index (χ2v) is 10.4. The number of epoxide rings is 1. The maximum absolute atomic E-state index is 6.72. The first kappa shape index (κ1) is 20.6. The summed E-state index contributed by atoms with van der Waals surface area (Å²) in [5.74, 6) is -1.01. The van der Waals surface area contributed by atoms with Crippen molar-refractivity contribution in [3.05, 3.63) is 34.9 Å². The third-order valence-electron chi connectivity index (χ3n) is 6.46. The minimum Gasteiger partial charge on any atom is -0.353 e. The van der Waals surface area contributed by atoms with Crippen molar-refractivity contribution in [1.29, 1.82) is 0 Å². The van der Waals surface area contributed by atoms with E-state index in [9.17, 15) is 0 Å². The van der Waals surface area contributed by atoms with Gasteiger partial charge in [0.05, 0.1) is 12.6 Å². The first-order valence-corrected chi connectivity index (χ1v) is 10.7. The Morgan fingerprint density at radius 2 is 1.75 bits per heavy atom. The fourth-order valence-corrected chi connectivity index (χ4v) is 5.19.